The average Bonchev–Trinajstić information content (AvgIpc) is 3.33. The lowest BCUT2D eigenvalue weighted by molar-refractivity contribution is -0.0404. The zero-order valence-electron chi connectivity index (χ0n) is 18.5. The number of hydrazone groups is 1. The zero-order valence-corrected chi connectivity index (χ0v) is 18.5. The van der Waals surface area contributed by atoms with Crippen molar-refractivity contribution in [3.05, 3.63) is 29.7 Å². The number of nitrogens with one attached hydrogen (secondary N) is 1. The summed E-state index contributed by atoms with van der Waals surface area (Å²) in [7, 11) is 0. The van der Waals surface area contributed by atoms with E-state index in [0.717, 1.165) is 68.3 Å². The van der Waals surface area contributed by atoms with Crippen molar-refractivity contribution in [1.82, 2.24) is 14.9 Å². The second-order valence-electron chi connectivity index (χ2n) is 8.14. The van der Waals surface area contributed by atoms with E-state index in [0.29, 0.717) is 38.3 Å². The fourth-order valence-electron chi connectivity index (χ4n) is 4.23. The molecule has 4 heterocycles. The van der Waals surface area contributed by atoms with E-state index in [1.165, 1.54) is 0 Å². The van der Waals surface area contributed by atoms with E-state index < -0.39 is 0 Å². The van der Waals surface area contributed by atoms with Crippen LogP contribution in [0.25, 0.3) is 0 Å². The number of hydrogen-bond acceptors (Lipinski definition) is 10. The number of hydrogen-bond donors (Lipinski definition) is 1. The van der Waals surface area contributed by atoms with Gasteiger partial charge in [-0.25, -0.2) is 0 Å². The summed E-state index contributed by atoms with van der Waals surface area (Å²) in [6, 6.07) is 4.23. The predicted octanol–water partition coefficient (Wildman–Crippen LogP) is 2.12. The lowest BCUT2D eigenvalue weighted by Crippen LogP contribution is -2.45. The third kappa shape index (κ3) is 4.87. The van der Waals surface area contributed by atoms with E-state index in [9.17, 15) is 0 Å². The Morgan fingerprint density at radius 1 is 1.06 bits per heavy atom. The van der Waals surface area contributed by atoms with E-state index in [1.807, 2.05) is 19.1 Å². The third-order valence-corrected chi connectivity index (χ3v) is 6.04. The molecule has 2 aliphatic heterocycles. The van der Waals surface area contributed by atoms with Gasteiger partial charge < -0.3 is 23.5 Å². The second kappa shape index (κ2) is 9.85. The van der Waals surface area contributed by atoms with Crippen molar-refractivity contribution in [3.63, 3.8) is 0 Å². The van der Waals surface area contributed by atoms with Crippen LogP contribution in [0.2, 0.25) is 0 Å². The van der Waals surface area contributed by atoms with Crippen LogP contribution in [0, 0.1) is 0 Å². The molecule has 5 rings (SSSR count). The lowest BCUT2D eigenvalue weighted by Gasteiger charge is -2.32. The number of anilines is 2. The number of fused-ring (bicyclic) bond motifs is 1. The van der Waals surface area contributed by atoms with E-state index in [1.54, 1.807) is 6.26 Å². The fourth-order valence-corrected chi connectivity index (χ4v) is 4.23. The Balaban J connectivity index is 1.37. The Labute approximate surface area is 187 Å². The van der Waals surface area contributed by atoms with Gasteiger partial charge in [-0.05, 0) is 25.8 Å². The summed E-state index contributed by atoms with van der Waals surface area (Å²) in [5.74, 6) is 2.41. The largest absolute Gasteiger partial charge is 0.469 e. The van der Waals surface area contributed by atoms with E-state index >= 15 is 0 Å². The summed E-state index contributed by atoms with van der Waals surface area (Å²) < 4.78 is 22.7. The third-order valence-electron chi connectivity index (χ3n) is 6.04. The standard InChI is InChI=1S/C22H30N6O4/c1-16(27-6-11-29-12-7-27)32-22-23-20(15-21(24-22)28-8-13-30-14-9-28)26-25-18-3-2-4-19-17(18)5-10-31-19/h5,10,15-16H,2-4,6-9,11-14H2,1H3,(H,23,24,26)/b25-18-. The summed E-state index contributed by atoms with van der Waals surface area (Å²) in [5.41, 5.74) is 5.20. The molecule has 32 heavy (non-hydrogen) atoms. The van der Waals surface area contributed by atoms with Gasteiger partial charge in [0.25, 0.3) is 0 Å². The van der Waals surface area contributed by atoms with Gasteiger partial charge in [-0.3, -0.25) is 10.3 Å². The molecule has 172 valence electrons. The van der Waals surface area contributed by atoms with Gasteiger partial charge in [0.1, 0.15) is 11.6 Å². The molecule has 1 N–H and O–H groups in total. The Morgan fingerprint density at radius 2 is 1.84 bits per heavy atom. The molecule has 2 fully saturated rings. The monoisotopic (exact) mass is 442 g/mol. The van der Waals surface area contributed by atoms with Gasteiger partial charge in [0, 0.05) is 44.2 Å². The number of ether oxygens (including phenoxy) is 3. The first kappa shape index (κ1) is 21.2. The topological polar surface area (TPSA) is 97.5 Å². The number of furan rings is 1. The molecular formula is C22H30N6O4. The van der Waals surface area contributed by atoms with E-state index in [4.69, 9.17) is 18.6 Å². The van der Waals surface area contributed by atoms with Gasteiger partial charge in [0.2, 0.25) is 0 Å². The highest BCUT2D eigenvalue weighted by molar-refractivity contribution is 6.02. The molecular weight excluding hydrogens is 412 g/mol. The highest BCUT2D eigenvalue weighted by Gasteiger charge is 2.22. The number of aromatic nitrogens is 2. The zero-order chi connectivity index (χ0) is 21.8. The first-order chi connectivity index (χ1) is 15.8. The van der Waals surface area contributed by atoms with Gasteiger partial charge in [0.15, 0.2) is 12.0 Å². The maximum Gasteiger partial charge on any atom is 0.321 e. The number of rotatable bonds is 6. The van der Waals surface area contributed by atoms with Crippen molar-refractivity contribution in [1.29, 1.82) is 0 Å². The Kier molecular flexibility index (Phi) is 6.51. The van der Waals surface area contributed by atoms with Crippen molar-refractivity contribution in [3.8, 4) is 6.01 Å². The minimum atomic E-state index is -0.148. The molecule has 0 saturated carbocycles. The normalized spacial score (nSPS) is 21.9. The Hall–Kier alpha value is -2.69. The highest BCUT2D eigenvalue weighted by Crippen LogP contribution is 2.25. The first-order valence-electron chi connectivity index (χ1n) is 11.4. The van der Waals surface area contributed by atoms with Crippen LogP contribution in [0.4, 0.5) is 11.6 Å². The molecule has 1 aliphatic carbocycles. The smallest absolute Gasteiger partial charge is 0.321 e. The van der Waals surface area contributed by atoms with E-state index in [-0.39, 0.29) is 6.23 Å². The summed E-state index contributed by atoms with van der Waals surface area (Å²) >= 11 is 0. The lowest BCUT2D eigenvalue weighted by atomic mass is 9.97. The molecule has 0 spiro atoms. The Morgan fingerprint density at radius 3 is 2.66 bits per heavy atom. The van der Waals surface area contributed by atoms with Gasteiger partial charge in [0.05, 0.1) is 38.4 Å². The minimum absolute atomic E-state index is 0.148. The molecule has 2 aromatic heterocycles. The Bertz CT molecular complexity index is 936. The van der Waals surface area contributed by atoms with Crippen LogP contribution in [-0.4, -0.2) is 79.4 Å². The summed E-state index contributed by atoms with van der Waals surface area (Å²) in [4.78, 5) is 13.7. The predicted molar refractivity (Wildman–Crippen MR) is 119 cm³/mol. The molecule has 1 atom stereocenters. The SMILES string of the molecule is CC(Oc1nc(N/N=C2/CCCc3occc32)cc(N2CCOCC2)n1)N1CCOCC1. The quantitative estimate of drug-likeness (QED) is 0.675. The van der Waals surface area contributed by atoms with Crippen molar-refractivity contribution in [2.24, 2.45) is 5.10 Å². The van der Waals surface area contributed by atoms with Gasteiger partial charge in [-0.15, -0.1) is 0 Å². The molecule has 0 amide bonds. The molecule has 2 aromatic rings. The van der Waals surface area contributed by atoms with Gasteiger partial charge >= 0.3 is 6.01 Å². The second-order valence-corrected chi connectivity index (χ2v) is 8.14. The molecule has 3 aliphatic rings. The number of nitrogens with zero attached hydrogens (tertiary/aromatic N) is 5. The molecule has 2 saturated heterocycles. The highest BCUT2D eigenvalue weighted by atomic mass is 16.5. The van der Waals surface area contributed by atoms with Crippen molar-refractivity contribution < 1.29 is 18.6 Å². The fraction of sp³-hybridized carbons (Fsp3) is 0.591. The molecule has 10 heteroatoms. The van der Waals surface area contributed by atoms with Crippen molar-refractivity contribution in [2.45, 2.75) is 32.4 Å². The van der Waals surface area contributed by atoms with Crippen molar-refractivity contribution >= 4 is 17.3 Å². The van der Waals surface area contributed by atoms with E-state index in [2.05, 4.69) is 30.3 Å². The number of morpholine rings is 2. The average molecular weight is 443 g/mol. The number of aryl methyl sites for hydroxylation is 1. The summed E-state index contributed by atoms with van der Waals surface area (Å²) in [6.45, 7) is 8.02. The molecule has 1 unspecified atom stereocenters. The van der Waals surface area contributed by atoms with Crippen LogP contribution >= 0.6 is 0 Å². The first-order valence-corrected chi connectivity index (χ1v) is 11.4. The summed E-state index contributed by atoms with van der Waals surface area (Å²) in [6.07, 6.45) is 4.46. The summed E-state index contributed by atoms with van der Waals surface area (Å²) in [5, 5.41) is 4.65. The maximum atomic E-state index is 6.15. The van der Waals surface area contributed by atoms with Crippen LogP contribution in [0.5, 0.6) is 6.01 Å². The van der Waals surface area contributed by atoms with Crippen molar-refractivity contribution in [2.75, 3.05) is 62.9 Å². The molecule has 0 radical (unpaired) electrons. The maximum absolute atomic E-state index is 6.15. The van der Waals surface area contributed by atoms with Crippen LogP contribution in [0.15, 0.2) is 27.9 Å². The molecule has 10 nitrogen and oxygen atoms in total. The van der Waals surface area contributed by atoms with Crippen LogP contribution < -0.4 is 15.1 Å². The molecule has 0 aromatic carbocycles. The van der Waals surface area contributed by atoms with Gasteiger partial charge in [-0.1, -0.05) is 0 Å². The molecule has 0 bridgehead atoms. The van der Waals surface area contributed by atoms with Gasteiger partial charge in [-0.2, -0.15) is 15.1 Å². The van der Waals surface area contributed by atoms with Crippen LogP contribution in [0.3, 0.4) is 0 Å². The minimum Gasteiger partial charge on any atom is -0.469 e. The van der Waals surface area contributed by atoms with Crippen LogP contribution in [0.1, 0.15) is 31.1 Å². The van der Waals surface area contributed by atoms with Crippen LogP contribution in [-0.2, 0) is 15.9 Å².